The number of aromatic nitrogens is 1. The summed E-state index contributed by atoms with van der Waals surface area (Å²) < 4.78 is 51.0. The van der Waals surface area contributed by atoms with E-state index in [0.29, 0.717) is 11.6 Å². The van der Waals surface area contributed by atoms with Crippen molar-refractivity contribution in [2.45, 2.75) is 40.8 Å². The van der Waals surface area contributed by atoms with E-state index in [0.717, 1.165) is 12.3 Å². The molecule has 1 nitrogen and oxygen atoms in total. The number of hydrogen-bond donors (Lipinski definition) is 0. The molecule has 0 saturated heterocycles. The molecule has 5 heteroatoms. The number of rotatable bonds is 0. The summed E-state index contributed by atoms with van der Waals surface area (Å²) in [5.74, 6) is -0.894. The molecule has 0 aliphatic carbocycles. The maximum atomic E-state index is 13.1. The molecule has 0 unspecified atom stereocenters. The van der Waals surface area contributed by atoms with Gasteiger partial charge in [-0.25, -0.2) is 4.39 Å². The molecule has 0 atom stereocenters. The molecular formula is C15H19F4N. The predicted octanol–water partition coefficient (Wildman–Crippen LogP) is 5.75. The van der Waals surface area contributed by atoms with Crippen LogP contribution in [0.5, 0.6) is 0 Å². The van der Waals surface area contributed by atoms with Gasteiger partial charge in [0.25, 0.3) is 0 Å². The van der Waals surface area contributed by atoms with Crippen molar-refractivity contribution in [2.75, 3.05) is 0 Å². The van der Waals surface area contributed by atoms with E-state index in [1.807, 2.05) is 27.7 Å². The molecule has 0 bridgehead atoms. The summed E-state index contributed by atoms with van der Waals surface area (Å²) in [7, 11) is 0. The summed E-state index contributed by atoms with van der Waals surface area (Å²) in [6.07, 6.45) is -2.07. The van der Waals surface area contributed by atoms with Crippen molar-refractivity contribution in [1.29, 1.82) is 0 Å². The fraction of sp³-hybridized carbons (Fsp3) is 0.400. The number of fused-ring (bicyclic) bond motifs is 1. The molecule has 20 heavy (non-hydrogen) atoms. The van der Waals surface area contributed by atoms with Gasteiger partial charge in [0.15, 0.2) is 0 Å². The van der Waals surface area contributed by atoms with E-state index in [2.05, 4.69) is 4.98 Å². The quantitative estimate of drug-likeness (QED) is 0.562. The van der Waals surface area contributed by atoms with Gasteiger partial charge in [0.2, 0.25) is 0 Å². The van der Waals surface area contributed by atoms with E-state index in [-0.39, 0.29) is 10.8 Å². The first kappa shape index (κ1) is 18.4. The molecule has 0 aliphatic rings. The van der Waals surface area contributed by atoms with E-state index >= 15 is 0 Å². The number of alkyl halides is 3. The van der Waals surface area contributed by atoms with E-state index < -0.39 is 17.6 Å². The minimum absolute atomic E-state index is 0.0751. The molecule has 0 saturated carbocycles. The summed E-state index contributed by atoms with van der Waals surface area (Å²) in [6.45, 7) is 9.59. The highest BCUT2D eigenvalue weighted by Crippen LogP contribution is 2.35. The third kappa shape index (κ3) is 4.18. The zero-order chi connectivity index (χ0) is 15.9. The highest BCUT2D eigenvalue weighted by Gasteiger charge is 2.33. The first-order chi connectivity index (χ1) is 9.39. The van der Waals surface area contributed by atoms with Gasteiger partial charge in [-0.2, -0.15) is 13.2 Å². The van der Waals surface area contributed by atoms with E-state index in [1.54, 1.807) is 6.92 Å². The zero-order valence-electron chi connectivity index (χ0n) is 12.3. The molecule has 0 aliphatic heterocycles. The van der Waals surface area contributed by atoms with E-state index in [9.17, 15) is 17.6 Å². The van der Waals surface area contributed by atoms with Crippen LogP contribution in [-0.4, -0.2) is 4.98 Å². The van der Waals surface area contributed by atoms with Crippen LogP contribution in [0.2, 0.25) is 0 Å². The van der Waals surface area contributed by atoms with Gasteiger partial charge in [-0.15, -0.1) is 0 Å². The second-order valence-corrected chi connectivity index (χ2v) is 3.50. The summed E-state index contributed by atoms with van der Waals surface area (Å²) in [5.41, 5.74) is -0.471. The second kappa shape index (κ2) is 7.82. The number of aryl methyl sites for hydroxylation is 1. The molecule has 1 aromatic carbocycles. The van der Waals surface area contributed by atoms with Crippen molar-refractivity contribution in [2.24, 2.45) is 0 Å². The van der Waals surface area contributed by atoms with Gasteiger partial charge >= 0.3 is 6.18 Å². The summed E-state index contributed by atoms with van der Waals surface area (Å²) in [6, 6.07) is 1.57. The van der Waals surface area contributed by atoms with Crippen LogP contribution in [0, 0.1) is 12.7 Å². The van der Waals surface area contributed by atoms with Gasteiger partial charge < -0.3 is 0 Å². The smallest absolute Gasteiger partial charge is 0.264 e. The Bertz CT molecular complexity index is 547. The molecule has 2 aromatic rings. The van der Waals surface area contributed by atoms with Crippen LogP contribution in [0.1, 0.15) is 38.8 Å². The van der Waals surface area contributed by atoms with Gasteiger partial charge in [0, 0.05) is 17.8 Å². The lowest BCUT2D eigenvalue weighted by Gasteiger charge is -2.11. The third-order valence-electron chi connectivity index (χ3n) is 2.35. The van der Waals surface area contributed by atoms with Crippen molar-refractivity contribution < 1.29 is 17.6 Å². The maximum Gasteiger partial charge on any atom is 0.417 e. The average Bonchev–Trinajstić information content (AvgIpc) is 2.42. The van der Waals surface area contributed by atoms with Crippen molar-refractivity contribution >= 4 is 10.8 Å². The first-order valence-electron chi connectivity index (χ1n) is 6.50. The standard InChI is InChI=1S/C11H7F4N.2C2H6/c1-6-4-16-5-9-8(6)2-7(12)3-10(9)11(13,14)15;2*1-2/h2-5H,1H3;2*1-2H3. The molecule has 0 spiro atoms. The first-order valence-corrected chi connectivity index (χ1v) is 6.50. The zero-order valence-corrected chi connectivity index (χ0v) is 12.3. The predicted molar refractivity (Wildman–Crippen MR) is 74.1 cm³/mol. The Morgan fingerprint density at radius 2 is 1.45 bits per heavy atom. The fourth-order valence-corrected chi connectivity index (χ4v) is 1.61. The van der Waals surface area contributed by atoms with Crippen LogP contribution in [-0.2, 0) is 6.18 Å². The Morgan fingerprint density at radius 1 is 0.900 bits per heavy atom. The van der Waals surface area contributed by atoms with Crippen LogP contribution in [0.25, 0.3) is 10.8 Å². The summed E-state index contributed by atoms with van der Waals surface area (Å²) in [4.78, 5) is 3.69. The summed E-state index contributed by atoms with van der Waals surface area (Å²) >= 11 is 0. The highest BCUT2D eigenvalue weighted by atomic mass is 19.4. The summed E-state index contributed by atoms with van der Waals surface area (Å²) in [5, 5.41) is 0.163. The Morgan fingerprint density at radius 3 is 1.95 bits per heavy atom. The Kier molecular flexibility index (Phi) is 7.18. The molecule has 1 heterocycles. The van der Waals surface area contributed by atoms with Gasteiger partial charge in [-0.1, -0.05) is 27.7 Å². The Balaban J connectivity index is 0.000000829. The number of nitrogens with zero attached hydrogens (tertiary/aromatic N) is 1. The second-order valence-electron chi connectivity index (χ2n) is 3.50. The lowest BCUT2D eigenvalue weighted by Crippen LogP contribution is -2.07. The number of benzene rings is 1. The molecule has 0 fully saturated rings. The molecule has 1 aromatic heterocycles. The van der Waals surface area contributed by atoms with Crippen LogP contribution >= 0.6 is 0 Å². The lowest BCUT2D eigenvalue weighted by molar-refractivity contribution is -0.136. The fourth-order valence-electron chi connectivity index (χ4n) is 1.61. The number of halogens is 4. The van der Waals surface area contributed by atoms with Crippen LogP contribution in [0.3, 0.4) is 0 Å². The van der Waals surface area contributed by atoms with Gasteiger partial charge in [0.05, 0.1) is 5.56 Å². The maximum absolute atomic E-state index is 13.1. The van der Waals surface area contributed by atoms with Crippen molar-refractivity contribution in [3.8, 4) is 0 Å². The van der Waals surface area contributed by atoms with Gasteiger partial charge in [-0.3, -0.25) is 4.98 Å². The lowest BCUT2D eigenvalue weighted by atomic mass is 10.0. The topological polar surface area (TPSA) is 12.9 Å². The van der Waals surface area contributed by atoms with Crippen molar-refractivity contribution in [3.05, 3.63) is 41.5 Å². The van der Waals surface area contributed by atoms with Crippen molar-refractivity contribution in [1.82, 2.24) is 4.98 Å². The SMILES string of the molecule is CC.CC.Cc1cncc2c(C(F)(F)F)cc(F)cc12. The normalized spacial score (nSPS) is 10.2. The molecule has 0 N–H and O–H groups in total. The largest absolute Gasteiger partial charge is 0.417 e. The Hall–Kier alpha value is -1.65. The number of hydrogen-bond acceptors (Lipinski definition) is 1. The molecule has 2 rings (SSSR count). The minimum Gasteiger partial charge on any atom is -0.264 e. The molecule has 112 valence electrons. The molecule has 0 amide bonds. The van der Waals surface area contributed by atoms with E-state index in [4.69, 9.17) is 0 Å². The highest BCUT2D eigenvalue weighted by molar-refractivity contribution is 5.88. The number of pyridine rings is 1. The molecular weight excluding hydrogens is 270 g/mol. The molecule has 0 radical (unpaired) electrons. The van der Waals surface area contributed by atoms with E-state index in [1.165, 1.54) is 6.20 Å². The van der Waals surface area contributed by atoms with Crippen LogP contribution < -0.4 is 0 Å². The van der Waals surface area contributed by atoms with Crippen molar-refractivity contribution in [3.63, 3.8) is 0 Å². The third-order valence-corrected chi connectivity index (χ3v) is 2.35. The monoisotopic (exact) mass is 289 g/mol. The van der Waals surface area contributed by atoms with Crippen LogP contribution in [0.15, 0.2) is 24.5 Å². The minimum atomic E-state index is -4.57. The average molecular weight is 289 g/mol. The van der Waals surface area contributed by atoms with Gasteiger partial charge in [-0.05, 0) is 30.0 Å². The van der Waals surface area contributed by atoms with Crippen LogP contribution in [0.4, 0.5) is 17.6 Å². The van der Waals surface area contributed by atoms with Gasteiger partial charge in [0.1, 0.15) is 5.82 Å². The Labute approximate surface area is 116 Å².